The highest BCUT2D eigenvalue weighted by atomic mass is 32.2. The first-order valence-corrected chi connectivity index (χ1v) is 16.4. The molecule has 1 atom stereocenters. The normalized spacial score (nSPS) is 11.8. The number of anilines is 1. The van der Waals surface area contributed by atoms with Crippen LogP contribution in [0.1, 0.15) is 43.7 Å². The van der Waals surface area contributed by atoms with Crippen LogP contribution in [0.15, 0.2) is 78.9 Å². The highest BCUT2D eigenvalue weighted by Gasteiger charge is 2.30. The minimum Gasteiger partial charge on any atom is -0.497 e. The van der Waals surface area contributed by atoms with E-state index in [9.17, 15) is 18.0 Å². The summed E-state index contributed by atoms with van der Waals surface area (Å²) in [5.74, 6) is 0.603. The largest absolute Gasteiger partial charge is 0.497 e. The number of nitrogens with zero attached hydrogens (tertiary/aromatic N) is 2. The number of para-hydroxylation sites is 2. The molecule has 9 nitrogen and oxygen atoms in total. The number of hydrogen-bond acceptors (Lipinski definition) is 6. The van der Waals surface area contributed by atoms with E-state index in [4.69, 9.17) is 9.47 Å². The van der Waals surface area contributed by atoms with Crippen molar-refractivity contribution in [2.24, 2.45) is 0 Å². The van der Waals surface area contributed by atoms with Gasteiger partial charge in [-0.25, -0.2) is 8.42 Å². The summed E-state index contributed by atoms with van der Waals surface area (Å²) >= 11 is 0. The fraction of sp³-hybridized carbons (Fsp3) is 0.394. The smallest absolute Gasteiger partial charge is 0.243 e. The van der Waals surface area contributed by atoms with Gasteiger partial charge in [-0.15, -0.1) is 0 Å². The van der Waals surface area contributed by atoms with E-state index >= 15 is 0 Å². The lowest BCUT2D eigenvalue weighted by molar-refractivity contribution is -0.141. The number of nitrogens with one attached hydrogen (secondary N) is 1. The number of benzene rings is 3. The van der Waals surface area contributed by atoms with Crippen molar-refractivity contribution < 1.29 is 27.5 Å². The Balaban J connectivity index is 1.90. The van der Waals surface area contributed by atoms with Gasteiger partial charge in [-0.05, 0) is 48.2 Å². The van der Waals surface area contributed by atoms with E-state index in [0.717, 1.165) is 30.2 Å². The van der Waals surface area contributed by atoms with Gasteiger partial charge in [0.15, 0.2) is 0 Å². The first-order valence-electron chi connectivity index (χ1n) is 14.5. The number of ether oxygens (including phenoxy) is 2. The number of rotatable bonds is 17. The first kappa shape index (κ1) is 33.5. The monoisotopic (exact) mass is 609 g/mol. The van der Waals surface area contributed by atoms with Crippen LogP contribution in [-0.2, 0) is 32.6 Å². The van der Waals surface area contributed by atoms with Crippen molar-refractivity contribution >= 4 is 27.5 Å². The molecule has 0 bridgehead atoms. The highest BCUT2D eigenvalue weighted by molar-refractivity contribution is 7.92. The first-order chi connectivity index (χ1) is 20.7. The van der Waals surface area contributed by atoms with Crippen molar-refractivity contribution in [3.05, 3.63) is 90.0 Å². The zero-order chi connectivity index (χ0) is 31.2. The van der Waals surface area contributed by atoms with Gasteiger partial charge >= 0.3 is 0 Å². The molecule has 0 aliphatic carbocycles. The molecule has 0 spiro atoms. The van der Waals surface area contributed by atoms with Gasteiger partial charge in [0.2, 0.25) is 21.8 Å². The molecule has 232 valence electrons. The van der Waals surface area contributed by atoms with Crippen LogP contribution in [0.25, 0.3) is 0 Å². The molecule has 0 saturated heterocycles. The lowest BCUT2D eigenvalue weighted by Crippen LogP contribution is -2.50. The molecule has 10 heteroatoms. The van der Waals surface area contributed by atoms with Crippen molar-refractivity contribution in [1.29, 1.82) is 0 Å². The molecular weight excluding hydrogens is 566 g/mol. The molecule has 0 aromatic heterocycles. The molecule has 43 heavy (non-hydrogen) atoms. The van der Waals surface area contributed by atoms with Crippen LogP contribution >= 0.6 is 0 Å². The van der Waals surface area contributed by atoms with Crippen LogP contribution in [0.4, 0.5) is 5.69 Å². The second kappa shape index (κ2) is 16.6. The fourth-order valence-electron chi connectivity index (χ4n) is 4.85. The number of hydrogen-bond donors (Lipinski definition) is 1. The average molecular weight is 610 g/mol. The maximum absolute atomic E-state index is 14.0. The maximum Gasteiger partial charge on any atom is 0.243 e. The topological polar surface area (TPSA) is 105 Å². The summed E-state index contributed by atoms with van der Waals surface area (Å²) in [6.07, 6.45) is 3.52. The molecule has 0 heterocycles. The van der Waals surface area contributed by atoms with Gasteiger partial charge < -0.3 is 19.7 Å². The molecule has 0 radical (unpaired) electrons. The summed E-state index contributed by atoms with van der Waals surface area (Å²) in [4.78, 5) is 29.2. The molecule has 0 aliphatic rings. The summed E-state index contributed by atoms with van der Waals surface area (Å²) in [7, 11) is -0.594. The molecule has 0 fully saturated rings. The molecule has 0 aliphatic heterocycles. The summed E-state index contributed by atoms with van der Waals surface area (Å²) in [5, 5.41) is 3.02. The minimum atomic E-state index is -3.66. The Morgan fingerprint density at radius 1 is 0.884 bits per heavy atom. The van der Waals surface area contributed by atoms with Crippen LogP contribution in [0.2, 0.25) is 0 Å². The number of amides is 2. The van der Waals surface area contributed by atoms with E-state index in [2.05, 4.69) is 12.2 Å². The molecule has 2 amide bonds. The van der Waals surface area contributed by atoms with Gasteiger partial charge in [-0.2, -0.15) is 0 Å². The van der Waals surface area contributed by atoms with E-state index < -0.39 is 16.1 Å². The molecule has 3 aromatic rings. The van der Waals surface area contributed by atoms with Gasteiger partial charge in [0, 0.05) is 32.5 Å². The molecular formula is C33H43N3O6S. The number of unbranched alkanes of at least 4 members (excludes halogenated alkanes) is 1. The van der Waals surface area contributed by atoms with Crippen molar-refractivity contribution in [2.75, 3.05) is 37.9 Å². The molecule has 0 saturated carbocycles. The van der Waals surface area contributed by atoms with Crippen molar-refractivity contribution in [3.8, 4) is 11.5 Å². The summed E-state index contributed by atoms with van der Waals surface area (Å²) in [6, 6.07) is 23.1. The van der Waals surface area contributed by atoms with Gasteiger partial charge in [0.25, 0.3) is 0 Å². The number of carbonyl (C=O) groups is 2. The fourth-order valence-corrected chi connectivity index (χ4v) is 5.81. The van der Waals surface area contributed by atoms with Crippen molar-refractivity contribution in [2.45, 2.75) is 51.6 Å². The van der Waals surface area contributed by atoms with Crippen LogP contribution in [0.5, 0.6) is 11.5 Å². The second-order valence-corrected chi connectivity index (χ2v) is 12.2. The van der Waals surface area contributed by atoms with Gasteiger partial charge in [0.1, 0.15) is 17.5 Å². The van der Waals surface area contributed by atoms with Crippen LogP contribution in [-0.4, -0.2) is 64.7 Å². The van der Waals surface area contributed by atoms with E-state index in [0.29, 0.717) is 30.2 Å². The quantitative estimate of drug-likeness (QED) is 0.220. The Labute approximate surface area is 255 Å². The Morgan fingerprint density at radius 2 is 1.58 bits per heavy atom. The van der Waals surface area contributed by atoms with Crippen LogP contribution in [0, 0.1) is 0 Å². The zero-order valence-electron chi connectivity index (χ0n) is 25.5. The number of methoxy groups -OCH3 is 2. The van der Waals surface area contributed by atoms with E-state index in [1.807, 2.05) is 54.6 Å². The summed E-state index contributed by atoms with van der Waals surface area (Å²) in [5.41, 5.74) is 2.16. The number of sulfonamides is 1. The zero-order valence-corrected chi connectivity index (χ0v) is 26.3. The van der Waals surface area contributed by atoms with Crippen LogP contribution in [0.3, 0.4) is 0 Å². The third-order valence-electron chi connectivity index (χ3n) is 7.09. The van der Waals surface area contributed by atoms with Gasteiger partial charge in [-0.3, -0.25) is 13.9 Å². The Kier molecular flexibility index (Phi) is 12.9. The summed E-state index contributed by atoms with van der Waals surface area (Å²) < 4.78 is 37.5. The molecule has 3 rings (SSSR count). The Bertz CT molecular complexity index is 1430. The standard InChI is InChI=1S/C33H43N3O6S/c1-5-6-21-34-33(38)30(24-26-14-8-7-9-15-26)35(25-27-16-12-17-28(23-27)41-2)32(37)20-13-22-36(43(4,39)40)29-18-10-11-19-31(29)42-3/h7-12,14-19,23,30H,5-6,13,20-22,24-25H2,1-4H3,(H,34,38)/t30-/m0/s1. The lowest BCUT2D eigenvalue weighted by atomic mass is 10.0. The van der Waals surface area contributed by atoms with E-state index in [1.54, 1.807) is 36.3 Å². The van der Waals surface area contributed by atoms with E-state index in [1.165, 1.54) is 11.4 Å². The van der Waals surface area contributed by atoms with E-state index in [-0.39, 0.29) is 37.7 Å². The second-order valence-electron chi connectivity index (χ2n) is 10.3. The SMILES string of the molecule is CCCCNC(=O)[C@H](Cc1ccccc1)N(Cc1cccc(OC)c1)C(=O)CCCN(c1ccccc1OC)S(C)(=O)=O. The molecule has 0 unspecified atom stereocenters. The summed E-state index contributed by atoms with van der Waals surface area (Å²) in [6.45, 7) is 2.84. The average Bonchev–Trinajstić information content (AvgIpc) is 3.01. The third-order valence-corrected chi connectivity index (χ3v) is 8.27. The molecule has 1 N–H and O–H groups in total. The predicted octanol–water partition coefficient (Wildman–Crippen LogP) is 4.81. The van der Waals surface area contributed by atoms with Gasteiger partial charge in [-0.1, -0.05) is 67.9 Å². The lowest BCUT2D eigenvalue weighted by Gasteiger charge is -2.32. The Morgan fingerprint density at radius 3 is 2.26 bits per heavy atom. The van der Waals surface area contributed by atoms with Crippen molar-refractivity contribution in [1.82, 2.24) is 10.2 Å². The van der Waals surface area contributed by atoms with Crippen molar-refractivity contribution in [3.63, 3.8) is 0 Å². The third kappa shape index (κ3) is 10.0. The highest BCUT2D eigenvalue weighted by Crippen LogP contribution is 2.30. The molecule has 3 aromatic carbocycles. The van der Waals surface area contributed by atoms with Gasteiger partial charge in [0.05, 0.1) is 26.2 Å². The number of carbonyl (C=O) groups excluding carboxylic acids is 2. The Hall–Kier alpha value is -4.05. The maximum atomic E-state index is 14.0. The van der Waals surface area contributed by atoms with Crippen LogP contribution < -0.4 is 19.1 Å². The predicted molar refractivity (Wildman–Crippen MR) is 170 cm³/mol. The minimum absolute atomic E-state index is 0.0403.